The molecule has 0 spiro atoms. The van der Waals surface area contributed by atoms with Gasteiger partial charge >= 0.3 is 0 Å². The summed E-state index contributed by atoms with van der Waals surface area (Å²) in [5.74, 6) is 1.99. The Morgan fingerprint density at radius 3 is 2.09 bits per heavy atom. The predicted molar refractivity (Wildman–Crippen MR) is 123 cm³/mol. The van der Waals surface area contributed by atoms with Crippen molar-refractivity contribution < 1.29 is 22.6 Å². The third-order valence-corrected chi connectivity index (χ3v) is 6.60. The largest absolute Gasteiger partial charge is 0.497 e. The molecule has 0 N–H and O–H groups in total. The van der Waals surface area contributed by atoms with Crippen LogP contribution >= 0.6 is 11.6 Å². The van der Waals surface area contributed by atoms with Gasteiger partial charge in [0.25, 0.3) is 10.0 Å². The number of benzene rings is 3. The number of hydrogen-bond acceptors (Lipinski definition) is 7. The van der Waals surface area contributed by atoms with Crippen molar-refractivity contribution in [2.45, 2.75) is 11.5 Å². The second kappa shape index (κ2) is 9.51. The molecule has 170 valence electrons. The van der Waals surface area contributed by atoms with Crippen molar-refractivity contribution in [2.75, 3.05) is 14.2 Å². The summed E-state index contributed by atoms with van der Waals surface area (Å²) < 4.78 is 42.5. The second-order valence-electron chi connectivity index (χ2n) is 6.96. The van der Waals surface area contributed by atoms with Gasteiger partial charge in [0.1, 0.15) is 29.5 Å². The molecule has 0 bridgehead atoms. The molecule has 0 aliphatic heterocycles. The maximum Gasteiger partial charge on any atom is 0.284 e. The second-order valence-corrected chi connectivity index (χ2v) is 9.19. The van der Waals surface area contributed by atoms with Gasteiger partial charge in [-0.15, -0.1) is 9.19 Å². The van der Waals surface area contributed by atoms with Crippen molar-refractivity contribution in [2.24, 2.45) is 0 Å². The Bertz CT molecular complexity index is 1330. The van der Waals surface area contributed by atoms with E-state index in [1.54, 1.807) is 20.3 Å². The van der Waals surface area contributed by atoms with E-state index < -0.39 is 10.0 Å². The number of aromatic nitrogens is 3. The molecule has 0 amide bonds. The molecule has 0 saturated carbocycles. The Morgan fingerprint density at radius 1 is 0.848 bits per heavy atom. The normalized spacial score (nSPS) is 11.2. The van der Waals surface area contributed by atoms with Crippen molar-refractivity contribution in [3.63, 3.8) is 0 Å². The number of halogens is 1. The molecule has 1 heterocycles. The Hall–Kier alpha value is -3.56. The van der Waals surface area contributed by atoms with E-state index >= 15 is 0 Å². The molecule has 3 aromatic carbocycles. The van der Waals surface area contributed by atoms with Crippen molar-refractivity contribution in [1.29, 1.82) is 0 Å². The smallest absolute Gasteiger partial charge is 0.284 e. The summed E-state index contributed by atoms with van der Waals surface area (Å²) in [4.78, 5) is 0.0639. The third kappa shape index (κ3) is 5.10. The predicted octanol–water partition coefficient (Wildman–Crippen LogP) is 4.43. The van der Waals surface area contributed by atoms with E-state index in [0.29, 0.717) is 28.0 Å². The molecular weight excluding hydrogens is 466 g/mol. The van der Waals surface area contributed by atoms with E-state index in [-0.39, 0.29) is 11.5 Å². The molecule has 4 aromatic rings. The molecule has 0 fully saturated rings. The average molecular weight is 486 g/mol. The molecule has 0 aliphatic rings. The van der Waals surface area contributed by atoms with Crippen LogP contribution in [0, 0.1) is 0 Å². The Morgan fingerprint density at radius 2 is 1.48 bits per heavy atom. The van der Waals surface area contributed by atoms with Crippen LogP contribution in [0.2, 0.25) is 5.02 Å². The average Bonchev–Trinajstić information content (AvgIpc) is 3.33. The van der Waals surface area contributed by atoms with Crippen molar-refractivity contribution >= 4 is 21.6 Å². The minimum atomic E-state index is -3.86. The fourth-order valence-electron chi connectivity index (χ4n) is 3.05. The van der Waals surface area contributed by atoms with Gasteiger partial charge in [-0.25, -0.2) is 0 Å². The van der Waals surface area contributed by atoms with E-state index in [0.717, 1.165) is 15.2 Å². The summed E-state index contributed by atoms with van der Waals surface area (Å²) in [6.07, 6.45) is 1.32. The van der Waals surface area contributed by atoms with Gasteiger partial charge in [0, 0.05) is 11.1 Å². The summed E-state index contributed by atoms with van der Waals surface area (Å²) in [6, 6.07) is 18.9. The number of hydrogen-bond donors (Lipinski definition) is 0. The first-order valence-electron chi connectivity index (χ1n) is 9.78. The Balaban J connectivity index is 1.44. The quantitative estimate of drug-likeness (QED) is 0.364. The lowest BCUT2D eigenvalue weighted by Gasteiger charge is -2.10. The third-order valence-electron chi connectivity index (χ3n) is 4.80. The van der Waals surface area contributed by atoms with Crippen LogP contribution < -0.4 is 14.2 Å². The van der Waals surface area contributed by atoms with Gasteiger partial charge in [-0.05, 0) is 59.7 Å². The Labute approximate surface area is 196 Å². The zero-order chi connectivity index (χ0) is 23.4. The fourth-order valence-corrected chi connectivity index (χ4v) is 4.27. The van der Waals surface area contributed by atoms with Crippen LogP contribution in [0.1, 0.15) is 5.69 Å². The van der Waals surface area contributed by atoms with E-state index in [9.17, 15) is 8.42 Å². The van der Waals surface area contributed by atoms with Gasteiger partial charge < -0.3 is 14.2 Å². The molecule has 10 heteroatoms. The molecule has 8 nitrogen and oxygen atoms in total. The van der Waals surface area contributed by atoms with Crippen LogP contribution in [-0.4, -0.2) is 37.0 Å². The number of methoxy groups -OCH3 is 2. The van der Waals surface area contributed by atoms with E-state index in [2.05, 4.69) is 10.3 Å². The lowest BCUT2D eigenvalue weighted by atomic mass is 10.0. The lowest BCUT2D eigenvalue weighted by molar-refractivity contribution is 0.301. The van der Waals surface area contributed by atoms with Gasteiger partial charge in [0.2, 0.25) is 0 Å². The fraction of sp³-hybridized carbons (Fsp3) is 0.130. The van der Waals surface area contributed by atoms with Gasteiger partial charge in [-0.3, -0.25) is 0 Å². The molecular formula is C23H20ClN3O5S. The maximum atomic E-state index is 12.7. The SMILES string of the molecule is COc1cc(OC)cc(-c2ccc(OCc3cn(S(=O)(=O)c4ccc(Cl)cc4)nn3)cc2)c1. The van der Waals surface area contributed by atoms with Gasteiger partial charge in [0.05, 0.1) is 25.3 Å². The summed E-state index contributed by atoms with van der Waals surface area (Å²) in [5.41, 5.74) is 2.27. The minimum absolute atomic E-state index is 0.0580. The Kier molecular flexibility index (Phi) is 6.52. The zero-order valence-corrected chi connectivity index (χ0v) is 19.4. The number of rotatable bonds is 8. The van der Waals surface area contributed by atoms with Crippen LogP contribution in [0.15, 0.2) is 77.8 Å². The van der Waals surface area contributed by atoms with Crippen molar-refractivity contribution in [3.8, 4) is 28.4 Å². The summed E-state index contributed by atoms with van der Waals surface area (Å²) >= 11 is 5.83. The molecule has 1 aromatic heterocycles. The highest BCUT2D eigenvalue weighted by Gasteiger charge is 2.19. The van der Waals surface area contributed by atoms with E-state index in [4.69, 9.17) is 25.8 Å². The first-order valence-corrected chi connectivity index (χ1v) is 11.6. The maximum absolute atomic E-state index is 12.7. The van der Waals surface area contributed by atoms with Crippen LogP contribution in [0.3, 0.4) is 0 Å². The first-order chi connectivity index (χ1) is 15.9. The molecule has 0 saturated heterocycles. The van der Waals surface area contributed by atoms with Crippen LogP contribution in [0.5, 0.6) is 17.2 Å². The molecule has 0 aliphatic carbocycles. The molecule has 0 atom stereocenters. The van der Waals surface area contributed by atoms with Crippen molar-refractivity contribution in [1.82, 2.24) is 14.4 Å². The van der Waals surface area contributed by atoms with Crippen LogP contribution in [-0.2, 0) is 16.6 Å². The molecule has 0 radical (unpaired) electrons. The minimum Gasteiger partial charge on any atom is -0.497 e. The topological polar surface area (TPSA) is 92.5 Å². The lowest BCUT2D eigenvalue weighted by Crippen LogP contribution is -2.13. The summed E-state index contributed by atoms with van der Waals surface area (Å²) in [5, 5.41) is 8.07. The van der Waals surface area contributed by atoms with E-state index in [1.165, 1.54) is 30.5 Å². The molecule has 4 rings (SSSR count). The monoisotopic (exact) mass is 485 g/mol. The zero-order valence-electron chi connectivity index (χ0n) is 17.8. The van der Waals surface area contributed by atoms with Gasteiger partial charge in [-0.1, -0.05) is 28.9 Å². The number of nitrogens with zero attached hydrogens (tertiary/aromatic N) is 3. The van der Waals surface area contributed by atoms with Crippen LogP contribution in [0.25, 0.3) is 11.1 Å². The molecule has 33 heavy (non-hydrogen) atoms. The van der Waals surface area contributed by atoms with Crippen LogP contribution in [0.4, 0.5) is 0 Å². The number of ether oxygens (including phenoxy) is 3. The summed E-state index contributed by atoms with van der Waals surface area (Å²) in [6.45, 7) is 0.0580. The first kappa shape index (κ1) is 22.6. The van der Waals surface area contributed by atoms with Gasteiger partial charge in [-0.2, -0.15) is 8.42 Å². The van der Waals surface area contributed by atoms with E-state index in [1.807, 2.05) is 36.4 Å². The standard InChI is InChI=1S/C23H20ClN3O5S/c1-30-21-11-17(12-22(13-21)31-2)16-3-7-20(8-4-16)32-15-19-14-27(26-25-19)33(28,29)23-9-5-18(24)6-10-23/h3-14H,15H2,1-2H3. The highest BCUT2D eigenvalue weighted by molar-refractivity contribution is 7.89. The highest BCUT2D eigenvalue weighted by atomic mass is 35.5. The van der Waals surface area contributed by atoms with Gasteiger partial charge in [0.15, 0.2) is 0 Å². The molecule has 0 unspecified atom stereocenters. The highest BCUT2D eigenvalue weighted by Crippen LogP contribution is 2.30. The van der Waals surface area contributed by atoms with Crippen molar-refractivity contribution in [3.05, 3.63) is 83.6 Å². The summed E-state index contributed by atoms with van der Waals surface area (Å²) in [7, 11) is -0.650.